The first kappa shape index (κ1) is 16.7. The average Bonchev–Trinajstić information content (AvgIpc) is 2.53. The molecule has 2 rings (SSSR count). The molecule has 0 heterocycles. The van der Waals surface area contributed by atoms with Gasteiger partial charge in [-0.05, 0) is 48.4 Å². The van der Waals surface area contributed by atoms with Gasteiger partial charge in [-0.2, -0.15) is 0 Å². The molecule has 0 radical (unpaired) electrons. The first-order valence-corrected chi connectivity index (χ1v) is 7.78. The Kier molecular flexibility index (Phi) is 6.10. The van der Waals surface area contributed by atoms with Crippen LogP contribution in [0.4, 0.5) is 0 Å². The topological polar surface area (TPSA) is 38.3 Å². The molecule has 0 spiro atoms. The van der Waals surface area contributed by atoms with Crippen LogP contribution in [0.1, 0.15) is 18.9 Å². The Hall–Kier alpha value is -1.71. The van der Waals surface area contributed by atoms with Crippen LogP contribution in [0.5, 0.6) is 5.75 Å². The highest BCUT2D eigenvalue weighted by molar-refractivity contribution is 6.30. The quantitative estimate of drug-likeness (QED) is 0.844. The van der Waals surface area contributed by atoms with E-state index in [2.05, 4.69) is 5.32 Å². The van der Waals surface area contributed by atoms with Gasteiger partial charge in [-0.25, -0.2) is 0 Å². The fraction of sp³-hybridized carbons (Fsp3) is 0.235. The van der Waals surface area contributed by atoms with E-state index in [1.165, 1.54) is 0 Å². The van der Waals surface area contributed by atoms with E-state index in [1.807, 2.05) is 19.1 Å². The van der Waals surface area contributed by atoms with E-state index in [1.54, 1.807) is 36.4 Å². The highest BCUT2D eigenvalue weighted by Gasteiger charge is 2.17. The first-order chi connectivity index (χ1) is 10.6. The van der Waals surface area contributed by atoms with Crippen molar-refractivity contribution in [3.05, 3.63) is 64.1 Å². The molecule has 0 aliphatic rings. The summed E-state index contributed by atoms with van der Waals surface area (Å²) in [7, 11) is 0. The largest absolute Gasteiger partial charge is 0.481 e. The number of carbonyl (C=O) groups is 1. The van der Waals surface area contributed by atoms with Crippen molar-refractivity contribution in [1.29, 1.82) is 0 Å². The first-order valence-electron chi connectivity index (χ1n) is 7.03. The van der Waals surface area contributed by atoms with Crippen LogP contribution in [0, 0.1) is 0 Å². The second-order valence-electron chi connectivity index (χ2n) is 4.81. The van der Waals surface area contributed by atoms with Crippen LogP contribution in [0.25, 0.3) is 0 Å². The molecule has 0 saturated heterocycles. The molecule has 0 fully saturated rings. The van der Waals surface area contributed by atoms with Gasteiger partial charge < -0.3 is 10.1 Å². The van der Waals surface area contributed by atoms with Crippen molar-refractivity contribution in [3.63, 3.8) is 0 Å². The number of ether oxygens (including phenoxy) is 1. The summed E-state index contributed by atoms with van der Waals surface area (Å²) in [5.41, 5.74) is 0.985. The molecule has 0 saturated carbocycles. The highest BCUT2D eigenvalue weighted by Crippen LogP contribution is 2.18. The van der Waals surface area contributed by atoms with Gasteiger partial charge in [0.05, 0.1) is 0 Å². The summed E-state index contributed by atoms with van der Waals surface area (Å²) in [4.78, 5) is 12.2. The van der Waals surface area contributed by atoms with Crippen molar-refractivity contribution in [1.82, 2.24) is 5.32 Å². The van der Waals surface area contributed by atoms with Gasteiger partial charge in [-0.3, -0.25) is 4.79 Å². The van der Waals surface area contributed by atoms with Gasteiger partial charge in [0.15, 0.2) is 6.10 Å². The van der Waals surface area contributed by atoms with Gasteiger partial charge in [0.25, 0.3) is 5.91 Å². The lowest BCUT2D eigenvalue weighted by atomic mass is 10.2. The SMILES string of the molecule is CC[C@H](Oc1ccc(Cl)cc1)C(=O)NCc1ccc(Cl)cc1. The van der Waals surface area contributed by atoms with Crippen molar-refractivity contribution in [2.75, 3.05) is 0 Å². The molecule has 116 valence electrons. The number of rotatable bonds is 6. The fourth-order valence-corrected chi connectivity index (χ4v) is 2.16. The summed E-state index contributed by atoms with van der Waals surface area (Å²) >= 11 is 11.7. The van der Waals surface area contributed by atoms with E-state index in [0.717, 1.165) is 5.56 Å². The molecule has 5 heteroatoms. The zero-order valence-electron chi connectivity index (χ0n) is 12.2. The van der Waals surface area contributed by atoms with Crippen molar-refractivity contribution in [2.45, 2.75) is 26.0 Å². The molecule has 22 heavy (non-hydrogen) atoms. The average molecular weight is 338 g/mol. The summed E-state index contributed by atoms with van der Waals surface area (Å²) < 4.78 is 5.70. The van der Waals surface area contributed by atoms with Crippen LogP contribution in [-0.2, 0) is 11.3 Å². The minimum Gasteiger partial charge on any atom is -0.481 e. The van der Waals surface area contributed by atoms with Crippen molar-refractivity contribution in [2.24, 2.45) is 0 Å². The zero-order chi connectivity index (χ0) is 15.9. The maximum atomic E-state index is 12.2. The molecule has 3 nitrogen and oxygen atoms in total. The molecular weight excluding hydrogens is 321 g/mol. The van der Waals surface area contributed by atoms with Crippen molar-refractivity contribution in [3.8, 4) is 5.75 Å². The third kappa shape index (κ3) is 4.93. The zero-order valence-corrected chi connectivity index (χ0v) is 13.7. The van der Waals surface area contributed by atoms with Gasteiger partial charge in [0, 0.05) is 16.6 Å². The number of nitrogens with one attached hydrogen (secondary N) is 1. The van der Waals surface area contributed by atoms with Gasteiger partial charge in [-0.15, -0.1) is 0 Å². The minimum atomic E-state index is -0.534. The molecule has 2 aromatic rings. The van der Waals surface area contributed by atoms with Gasteiger partial charge in [0.1, 0.15) is 5.75 Å². The smallest absolute Gasteiger partial charge is 0.261 e. The molecule has 1 N–H and O–H groups in total. The predicted molar refractivity (Wildman–Crippen MR) is 89.5 cm³/mol. The second kappa shape index (κ2) is 8.06. The molecular formula is C17H17Cl2NO2. The normalized spacial score (nSPS) is 11.8. The Morgan fingerprint density at radius 3 is 2.14 bits per heavy atom. The molecule has 0 bridgehead atoms. The van der Waals surface area contributed by atoms with Crippen LogP contribution >= 0.6 is 23.2 Å². The van der Waals surface area contributed by atoms with Crippen molar-refractivity contribution < 1.29 is 9.53 Å². The third-order valence-corrected chi connectivity index (χ3v) is 3.64. The molecule has 0 aliphatic heterocycles. The van der Waals surface area contributed by atoms with Crippen LogP contribution < -0.4 is 10.1 Å². The predicted octanol–water partition coefficient (Wildman–Crippen LogP) is 4.47. The molecule has 0 unspecified atom stereocenters. The molecule has 1 amide bonds. The van der Waals surface area contributed by atoms with E-state index >= 15 is 0 Å². The molecule has 1 atom stereocenters. The lowest BCUT2D eigenvalue weighted by Gasteiger charge is -2.17. The third-order valence-electron chi connectivity index (χ3n) is 3.14. The van der Waals surface area contributed by atoms with Crippen LogP contribution in [0.15, 0.2) is 48.5 Å². The number of hydrogen-bond donors (Lipinski definition) is 1. The van der Waals surface area contributed by atoms with Crippen LogP contribution in [-0.4, -0.2) is 12.0 Å². The second-order valence-corrected chi connectivity index (χ2v) is 5.69. The highest BCUT2D eigenvalue weighted by atomic mass is 35.5. The van der Waals surface area contributed by atoms with Gasteiger partial charge in [0.2, 0.25) is 0 Å². The lowest BCUT2D eigenvalue weighted by Crippen LogP contribution is -2.37. The monoisotopic (exact) mass is 337 g/mol. The fourth-order valence-electron chi connectivity index (χ4n) is 1.90. The van der Waals surface area contributed by atoms with Crippen LogP contribution in [0.3, 0.4) is 0 Å². The van der Waals surface area contributed by atoms with E-state index in [-0.39, 0.29) is 5.91 Å². The maximum Gasteiger partial charge on any atom is 0.261 e. The number of hydrogen-bond acceptors (Lipinski definition) is 2. The standard InChI is InChI=1S/C17H17Cl2NO2/c1-2-16(22-15-9-7-14(19)8-10-15)17(21)20-11-12-3-5-13(18)6-4-12/h3-10,16H,2,11H2,1H3,(H,20,21)/t16-/m0/s1. The maximum absolute atomic E-state index is 12.2. The summed E-state index contributed by atoms with van der Waals surface area (Å²) in [6.07, 6.45) is 0.0446. The van der Waals surface area contributed by atoms with Gasteiger partial charge >= 0.3 is 0 Å². The lowest BCUT2D eigenvalue weighted by molar-refractivity contribution is -0.128. The number of halogens is 2. The van der Waals surface area contributed by atoms with E-state index < -0.39 is 6.10 Å². The summed E-state index contributed by atoms with van der Waals surface area (Å²) in [5.74, 6) is 0.477. The van der Waals surface area contributed by atoms with E-state index in [9.17, 15) is 4.79 Å². The Bertz CT molecular complexity index is 612. The minimum absolute atomic E-state index is 0.146. The Morgan fingerprint density at radius 2 is 1.59 bits per heavy atom. The number of benzene rings is 2. The number of carbonyl (C=O) groups excluding carboxylic acids is 1. The Labute approximate surface area is 140 Å². The molecule has 0 aliphatic carbocycles. The molecule has 0 aromatic heterocycles. The summed E-state index contributed by atoms with van der Waals surface area (Å²) in [6, 6.07) is 14.3. The van der Waals surface area contributed by atoms with Gasteiger partial charge in [-0.1, -0.05) is 42.3 Å². The summed E-state index contributed by atoms with van der Waals surface area (Å²) in [5, 5.41) is 4.17. The van der Waals surface area contributed by atoms with E-state index in [0.29, 0.717) is 28.8 Å². The van der Waals surface area contributed by atoms with Crippen molar-refractivity contribution >= 4 is 29.1 Å². The Balaban J connectivity index is 1.91. The summed E-state index contributed by atoms with van der Waals surface area (Å²) in [6.45, 7) is 2.35. The number of amides is 1. The van der Waals surface area contributed by atoms with Crippen LogP contribution in [0.2, 0.25) is 10.0 Å². The molecule has 2 aromatic carbocycles. The van der Waals surface area contributed by atoms with E-state index in [4.69, 9.17) is 27.9 Å². The Morgan fingerprint density at radius 1 is 1.05 bits per heavy atom.